The Morgan fingerprint density at radius 3 is 2.53 bits per heavy atom. The lowest BCUT2D eigenvalue weighted by atomic mass is 10.2. The van der Waals surface area contributed by atoms with Gasteiger partial charge in [0.05, 0.1) is 6.26 Å². The van der Waals surface area contributed by atoms with E-state index in [2.05, 4.69) is 5.32 Å². The number of ether oxygens (including phenoxy) is 2. The molecule has 3 aromatic rings. The molecule has 0 unspecified atom stereocenters. The zero-order chi connectivity index (χ0) is 21.5. The third-order valence-corrected chi connectivity index (χ3v) is 4.42. The second-order valence-corrected chi connectivity index (χ2v) is 6.79. The lowest BCUT2D eigenvalue weighted by Crippen LogP contribution is -2.34. The molecule has 1 N–H and O–H groups in total. The maximum Gasteiger partial charge on any atom is 0.342 e. The van der Waals surface area contributed by atoms with Gasteiger partial charge in [-0.1, -0.05) is 41.4 Å². The lowest BCUT2D eigenvalue weighted by Gasteiger charge is -2.12. The Balaban J connectivity index is 1.58. The van der Waals surface area contributed by atoms with Crippen molar-refractivity contribution in [2.24, 2.45) is 0 Å². The predicted molar refractivity (Wildman–Crippen MR) is 109 cm³/mol. The molecular formula is C21H15Cl2NO6. The minimum Gasteiger partial charge on any atom is -0.488 e. The van der Waals surface area contributed by atoms with Crippen LogP contribution in [0.1, 0.15) is 26.5 Å². The molecule has 0 saturated heterocycles. The largest absolute Gasteiger partial charge is 0.488 e. The van der Waals surface area contributed by atoms with Crippen LogP contribution in [0.25, 0.3) is 0 Å². The molecule has 0 atom stereocenters. The molecule has 2 aromatic carbocycles. The van der Waals surface area contributed by atoms with Crippen molar-refractivity contribution in [3.8, 4) is 5.75 Å². The van der Waals surface area contributed by atoms with Gasteiger partial charge < -0.3 is 13.9 Å². The maximum absolute atomic E-state index is 12.4. The first-order valence-electron chi connectivity index (χ1n) is 8.64. The number of esters is 1. The average Bonchev–Trinajstić information content (AvgIpc) is 3.27. The van der Waals surface area contributed by atoms with Crippen LogP contribution in [0.15, 0.2) is 65.3 Å². The van der Waals surface area contributed by atoms with Crippen LogP contribution in [0.5, 0.6) is 5.75 Å². The van der Waals surface area contributed by atoms with E-state index >= 15 is 0 Å². The molecule has 0 fully saturated rings. The van der Waals surface area contributed by atoms with Crippen LogP contribution < -0.4 is 10.1 Å². The normalized spacial score (nSPS) is 10.3. The molecule has 30 heavy (non-hydrogen) atoms. The fraction of sp³-hybridized carbons (Fsp3) is 0.0952. The standard InChI is InChI=1S/C21H15Cl2NO6/c22-14-8-7-13(16(23)10-14)11-29-17-5-2-1-4-15(17)21(27)30-12-19(25)24-20(26)18-6-3-9-28-18/h1-10H,11-12H2,(H,24,25,26). The molecule has 7 nitrogen and oxygen atoms in total. The zero-order valence-electron chi connectivity index (χ0n) is 15.4. The molecule has 2 amide bonds. The van der Waals surface area contributed by atoms with Crippen LogP contribution in [0.2, 0.25) is 10.0 Å². The van der Waals surface area contributed by atoms with Crippen molar-refractivity contribution in [1.82, 2.24) is 5.32 Å². The summed E-state index contributed by atoms with van der Waals surface area (Å²) in [6.07, 6.45) is 1.30. The van der Waals surface area contributed by atoms with Gasteiger partial charge in [0.15, 0.2) is 12.4 Å². The zero-order valence-corrected chi connectivity index (χ0v) is 16.9. The third-order valence-electron chi connectivity index (χ3n) is 3.84. The molecule has 0 radical (unpaired) electrons. The van der Waals surface area contributed by atoms with Gasteiger partial charge in [-0.3, -0.25) is 14.9 Å². The Kier molecular flexibility index (Phi) is 7.11. The van der Waals surface area contributed by atoms with E-state index in [-0.39, 0.29) is 23.7 Å². The maximum atomic E-state index is 12.4. The second kappa shape index (κ2) is 9.96. The van der Waals surface area contributed by atoms with Gasteiger partial charge in [-0.15, -0.1) is 0 Å². The van der Waals surface area contributed by atoms with E-state index < -0.39 is 24.4 Å². The highest BCUT2D eigenvalue weighted by Crippen LogP contribution is 2.24. The molecule has 0 bridgehead atoms. The van der Waals surface area contributed by atoms with Crippen molar-refractivity contribution >= 4 is 41.0 Å². The summed E-state index contributed by atoms with van der Waals surface area (Å²) in [4.78, 5) is 36.0. The molecule has 0 aliphatic carbocycles. The first kappa shape index (κ1) is 21.4. The van der Waals surface area contributed by atoms with E-state index in [0.29, 0.717) is 15.6 Å². The summed E-state index contributed by atoms with van der Waals surface area (Å²) in [5.74, 6) is -2.09. The van der Waals surface area contributed by atoms with Crippen molar-refractivity contribution in [2.75, 3.05) is 6.61 Å². The van der Waals surface area contributed by atoms with Crippen molar-refractivity contribution in [3.05, 3.63) is 87.8 Å². The quantitative estimate of drug-likeness (QED) is 0.543. The van der Waals surface area contributed by atoms with Gasteiger partial charge >= 0.3 is 5.97 Å². The van der Waals surface area contributed by atoms with Gasteiger partial charge in [-0.25, -0.2) is 4.79 Å². The minimum atomic E-state index is -0.795. The number of imide groups is 1. The summed E-state index contributed by atoms with van der Waals surface area (Å²) in [6.45, 7) is -0.555. The van der Waals surface area contributed by atoms with Gasteiger partial charge in [0, 0.05) is 15.6 Å². The van der Waals surface area contributed by atoms with Gasteiger partial charge in [0.1, 0.15) is 17.9 Å². The first-order chi connectivity index (χ1) is 14.4. The summed E-state index contributed by atoms with van der Waals surface area (Å²) in [7, 11) is 0. The van der Waals surface area contributed by atoms with Crippen LogP contribution in [0.3, 0.4) is 0 Å². The van der Waals surface area contributed by atoms with E-state index in [9.17, 15) is 14.4 Å². The topological polar surface area (TPSA) is 94.8 Å². The number of halogens is 2. The second-order valence-electron chi connectivity index (χ2n) is 5.95. The number of hydrogen-bond donors (Lipinski definition) is 1. The molecule has 9 heteroatoms. The SMILES string of the molecule is O=C(COC(=O)c1ccccc1OCc1ccc(Cl)cc1Cl)NC(=O)c1ccco1. The highest BCUT2D eigenvalue weighted by atomic mass is 35.5. The molecule has 3 rings (SSSR count). The van der Waals surface area contributed by atoms with Crippen molar-refractivity contribution in [3.63, 3.8) is 0 Å². The van der Waals surface area contributed by atoms with E-state index in [0.717, 1.165) is 0 Å². The van der Waals surface area contributed by atoms with Crippen LogP contribution in [0.4, 0.5) is 0 Å². The summed E-state index contributed by atoms with van der Waals surface area (Å²) in [5, 5.41) is 2.98. The fourth-order valence-electron chi connectivity index (χ4n) is 2.40. The molecule has 0 aliphatic heterocycles. The number of furan rings is 1. The monoisotopic (exact) mass is 447 g/mol. The fourth-order valence-corrected chi connectivity index (χ4v) is 2.86. The van der Waals surface area contributed by atoms with E-state index in [1.165, 1.54) is 24.5 Å². The van der Waals surface area contributed by atoms with Gasteiger partial charge in [-0.05, 0) is 36.4 Å². The van der Waals surface area contributed by atoms with Crippen LogP contribution in [-0.4, -0.2) is 24.4 Å². The van der Waals surface area contributed by atoms with Crippen LogP contribution in [0, 0.1) is 0 Å². The van der Waals surface area contributed by atoms with Crippen molar-refractivity contribution in [1.29, 1.82) is 0 Å². The van der Waals surface area contributed by atoms with Crippen LogP contribution >= 0.6 is 23.2 Å². The van der Waals surface area contributed by atoms with E-state index in [4.69, 9.17) is 37.1 Å². The van der Waals surface area contributed by atoms with Gasteiger partial charge in [-0.2, -0.15) is 0 Å². The van der Waals surface area contributed by atoms with E-state index in [1.807, 2.05) is 0 Å². The number of benzene rings is 2. The van der Waals surface area contributed by atoms with Crippen molar-refractivity contribution < 1.29 is 28.3 Å². The first-order valence-corrected chi connectivity index (χ1v) is 9.40. The molecule has 1 heterocycles. The Labute approximate surface area is 181 Å². The van der Waals surface area contributed by atoms with Gasteiger partial charge in [0.2, 0.25) is 0 Å². The Hall–Kier alpha value is -3.29. The summed E-state index contributed by atoms with van der Waals surface area (Å²) < 4.78 is 15.6. The third kappa shape index (κ3) is 5.62. The highest BCUT2D eigenvalue weighted by Gasteiger charge is 2.18. The lowest BCUT2D eigenvalue weighted by molar-refractivity contribution is -0.123. The van der Waals surface area contributed by atoms with E-state index in [1.54, 1.807) is 36.4 Å². The Morgan fingerprint density at radius 1 is 1.00 bits per heavy atom. The average molecular weight is 448 g/mol. The predicted octanol–water partition coefficient (Wildman–Crippen LogP) is 4.28. The number of amides is 2. The smallest absolute Gasteiger partial charge is 0.342 e. The Morgan fingerprint density at radius 2 is 1.80 bits per heavy atom. The number of nitrogens with one attached hydrogen (secondary N) is 1. The summed E-state index contributed by atoms with van der Waals surface area (Å²) in [6, 6.07) is 14.3. The number of para-hydroxylation sites is 1. The number of carbonyl (C=O) groups is 3. The highest BCUT2D eigenvalue weighted by molar-refractivity contribution is 6.35. The van der Waals surface area contributed by atoms with Gasteiger partial charge in [0.25, 0.3) is 11.8 Å². The minimum absolute atomic E-state index is 0.0331. The van der Waals surface area contributed by atoms with Crippen LogP contribution in [-0.2, 0) is 16.1 Å². The molecule has 0 spiro atoms. The molecular weight excluding hydrogens is 433 g/mol. The van der Waals surface area contributed by atoms with Crippen molar-refractivity contribution in [2.45, 2.75) is 6.61 Å². The summed E-state index contributed by atoms with van der Waals surface area (Å²) >= 11 is 12.0. The Bertz CT molecular complexity index is 1070. The number of rotatable bonds is 7. The molecule has 0 saturated carbocycles. The molecule has 154 valence electrons. The number of carbonyl (C=O) groups excluding carboxylic acids is 3. The summed E-state index contributed by atoms with van der Waals surface area (Å²) in [5.41, 5.74) is 0.799. The molecule has 1 aromatic heterocycles. The number of hydrogen-bond acceptors (Lipinski definition) is 6. The molecule has 0 aliphatic rings.